The van der Waals surface area contributed by atoms with E-state index >= 15 is 0 Å². The summed E-state index contributed by atoms with van der Waals surface area (Å²) in [6.45, 7) is 5.81. The number of hydrogen-bond acceptors (Lipinski definition) is 3. The molecular formula is C14H20Cl2N4O. The van der Waals surface area contributed by atoms with Gasteiger partial charge in [0.2, 0.25) is 0 Å². The van der Waals surface area contributed by atoms with E-state index in [0.29, 0.717) is 11.6 Å². The molecule has 0 radical (unpaired) electrons. The number of halogens is 2. The number of fused-ring (bicyclic) bond motifs is 1. The number of aromatic nitrogens is 2. The van der Waals surface area contributed by atoms with Crippen molar-refractivity contribution in [2.24, 2.45) is 0 Å². The molecule has 2 atom stereocenters. The number of carbonyl (C=O) groups is 1. The van der Waals surface area contributed by atoms with Gasteiger partial charge >= 0.3 is 0 Å². The van der Waals surface area contributed by atoms with Crippen LogP contribution in [0.3, 0.4) is 0 Å². The van der Waals surface area contributed by atoms with E-state index in [-0.39, 0.29) is 36.8 Å². The Morgan fingerprint density at radius 1 is 1.33 bits per heavy atom. The van der Waals surface area contributed by atoms with Crippen LogP contribution in [-0.4, -0.2) is 45.4 Å². The van der Waals surface area contributed by atoms with E-state index in [1.54, 1.807) is 6.20 Å². The summed E-state index contributed by atoms with van der Waals surface area (Å²) < 4.78 is 1.88. The van der Waals surface area contributed by atoms with Gasteiger partial charge in [-0.2, -0.15) is 0 Å². The fourth-order valence-electron chi connectivity index (χ4n) is 2.56. The van der Waals surface area contributed by atoms with Crippen LogP contribution in [0.5, 0.6) is 0 Å². The fourth-order valence-corrected chi connectivity index (χ4v) is 2.56. The second kappa shape index (κ2) is 7.11. The summed E-state index contributed by atoms with van der Waals surface area (Å²) in [5, 5.41) is 3.38. The lowest BCUT2D eigenvalue weighted by atomic mass is 10.1. The average Bonchev–Trinajstić information content (AvgIpc) is 2.88. The van der Waals surface area contributed by atoms with Gasteiger partial charge in [-0.3, -0.25) is 4.79 Å². The summed E-state index contributed by atoms with van der Waals surface area (Å²) in [6.07, 6.45) is 5.44. The molecule has 2 unspecified atom stereocenters. The molecule has 0 bridgehead atoms. The zero-order chi connectivity index (χ0) is 13.4. The van der Waals surface area contributed by atoms with Gasteiger partial charge in [0.15, 0.2) is 0 Å². The van der Waals surface area contributed by atoms with Crippen molar-refractivity contribution in [2.45, 2.75) is 25.9 Å². The summed E-state index contributed by atoms with van der Waals surface area (Å²) in [5.74, 6) is 0.0939. The van der Waals surface area contributed by atoms with Gasteiger partial charge in [-0.15, -0.1) is 24.8 Å². The standard InChI is InChI=1S/C14H18N4O.2ClH/c1-10-11(2)18(8-6-15-10)14(19)12-3-4-13-16-5-7-17(13)9-12;;/h3-5,7,9-11,15H,6,8H2,1-2H3;2*1H. The summed E-state index contributed by atoms with van der Waals surface area (Å²) in [4.78, 5) is 18.7. The highest BCUT2D eigenvalue weighted by Gasteiger charge is 2.28. The highest BCUT2D eigenvalue weighted by atomic mass is 35.5. The van der Waals surface area contributed by atoms with Crippen LogP contribution in [0, 0.1) is 0 Å². The van der Waals surface area contributed by atoms with Gasteiger partial charge in [0.05, 0.1) is 5.56 Å². The molecule has 2 aromatic rings. The molecule has 7 heteroatoms. The zero-order valence-corrected chi connectivity index (χ0v) is 13.7. The maximum Gasteiger partial charge on any atom is 0.255 e. The highest BCUT2D eigenvalue weighted by Crippen LogP contribution is 2.14. The van der Waals surface area contributed by atoms with Gasteiger partial charge in [-0.25, -0.2) is 4.98 Å². The molecule has 3 rings (SSSR count). The highest BCUT2D eigenvalue weighted by molar-refractivity contribution is 5.94. The number of nitrogens with one attached hydrogen (secondary N) is 1. The Bertz CT molecular complexity index is 616. The molecule has 1 saturated heterocycles. The Hall–Kier alpha value is -1.30. The van der Waals surface area contributed by atoms with E-state index in [1.165, 1.54) is 0 Å². The van der Waals surface area contributed by atoms with Crippen LogP contribution in [0.1, 0.15) is 24.2 Å². The Morgan fingerprint density at radius 3 is 2.86 bits per heavy atom. The Kier molecular flexibility index (Phi) is 6.01. The Morgan fingerprint density at radius 2 is 2.10 bits per heavy atom. The lowest BCUT2D eigenvalue weighted by Crippen LogP contribution is -2.57. The van der Waals surface area contributed by atoms with E-state index in [4.69, 9.17) is 0 Å². The molecule has 3 heterocycles. The number of hydrogen-bond donors (Lipinski definition) is 1. The van der Waals surface area contributed by atoms with E-state index in [0.717, 1.165) is 18.7 Å². The quantitative estimate of drug-likeness (QED) is 0.870. The van der Waals surface area contributed by atoms with Crippen LogP contribution in [0.15, 0.2) is 30.7 Å². The third-order valence-corrected chi connectivity index (χ3v) is 3.93. The number of amides is 1. The van der Waals surface area contributed by atoms with Crippen molar-refractivity contribution in [3.05, 3.63) is 36.3 Å². The predicted molar refractivity (Wildman–Crippen MR) is 87.7 cm³/mol. The smallest absolute Gasteiger partial charge is 0.255 e. The summed E-state index contributed by atoms with van der Waals surface area (Å²) >= 11 is 0. The first-order valence-electron chi connectivity index (χ1n) is 6.64. The molecule has 21 heavy (non-hydrogen) atoms. The minimum absolute atomic E-state index is 0. The number of carbonyl (C=O) groups excluding carboxylic acids is 1. The molecule has 1 amide bonds. The van der Waals surface area contributed by atoms with E-state index in [9.17, 15) is 4.79 Å². The number of pyridine rings is 1. The Labute approximate surface area is 136 Å². The number of nitrogens with zero attached hydrogens (tertiary/aromatic N) is 3. The normalized spacial score (nSPS) is 21.5. The molecule has 1 N–H and O–H groups in total. The number of piperazine rings is 1. The zero-order valence-electron chi connectivity index (χ0n) is 12.0. The first-order valence-corrected chi connectivity index (χ1v) is 6.64. The van der Waals surface area contributed by atoms with Crippen LogP contribution >= 0.6 is 24.8 Å². The Balaban J connectivity index is 0.00000110. The minimum Gasteiger partial charge on any atom is -0.333 e. The molecule has 1 fully saturated rings. The second-order valence-electron chi connectivity index (χ2n) is 5.09. The van der Waals surface area contributed by atoms with Crippen molar-refractivity contribution in [2.75, 3.05) is 13.1 Å². The molecule has 1 aliphatic rings. The SMILES string of the molecule is CC1NCCN(C(=O)c2ccc3nccn3c2)C1C.Cl.Cl. The molecular weight excluding hydrogens is 311 g/mol. The van der Waals surface area contributed by atoms with Gasteiger partial charge in [0.1, 0.15) is 5.65 Å². The number of rotatable bonds is 1. The monoisotopic (exact) mass is 330 g/mol. The first kappa shape index (κ1) is 17.8. The fraction of sp³-hybridized carbons (Fsp3) is 0.429. The summed E-state index contributed by atoms with van der Waals surface area (Å²) in [7, 11) is 0. The molecule has 0 saturated carbocycles. The maximum absolute atomic E-state index is 12.6. The number of imidazole rings is 1. The minimum atomic E-state index is 0. The third kappa shape index (κ3) is 3.31. The topological polar surface area (TPSA) is 49.6 Å². The maximum atomic E-state index is 12.6. The molecule has 0 aliphatic carbocycles. The van der Waals surface area contributed by atoms with Crippen molar-refractivity contribution in [1.82, 2.24) is 19.6 Å². The lowest BCUT2D eigenvalue weighted by molar-refractivity contribution is 0.0602. The summed E-state index contributed by atoms with van der Waals surface area (Å²) in [5.41, 5.74) is 1.57. The second-order valence-corrected chi connectivity index (χ2v) is 5.09. The van der Waals surface area contributed by atoms with Crippen molar-refractivity contribution in [1.29, 1.82) is 0 Å². The molecule has 1 aliphatic heterocycles. The van der Waals surface area contributed by atoms with Crippen molar-refractivity contribution >= 4 is 36.4 Å². The summed E-state index contributed by atoms with van der Waals surface area (Å²) in [6, 6.07) is 4.27. The van der Waals surface area contributed by atoms with E-state index in [2.05, 4.69) is 24.1 Å². The van der Waals surface area contributed by atoms with Crippen LogP contribution in [0.25, 0.3) is 5.65 Å². The van der Waals surface area contributed by atoms with Crippen molar-refractivity contribution < 1.29 is 4.79 Å². The van der Waals surface area contributed by atoms with Crippen molar-refractivity contribution in [3.8, 4) is 0 Å². The van der Waals surface area contributed by atoms with E-state index in [1.807, 2.05) is 33.8 Å². The first-order chi connectivity index (χ1) is 9.16. The lowest BCUT2D eigenvalue weighted by Gasteiger charge is -2.38. The van der Waals surface area contributed by atoms with Crippen LogP contribution in [0.2, 0.25) is 0 Å². The molecule has 0 aromatic carbocycles. The van der Waals surface area contributed by atoms with E-state index < -0.39 is 0 Å². The molecule has 0 spiro atoms. The van der Waals surface area contributed by atoms with Gasteiger partial charge in [-0.1, -0.05) is 0 Å². The van der Waals surface area contributed by atoms with Crippen LogP contribution < -0.4 is 5.32 Å². The van der Waals surface area contributed by atoms with Gasteiger partial charge < -0.3 is 14.6 Å². The van der Waals surface area contributed by atoms with Gasteiger partial charge in [0, 0.05) is 43.8 Å². The largest absolute Gasteiger partial charge is 0.333 e. The van der Waals surface area contributed by atoms with Crippen LogP contribution in [-0.2, 0) is 0 Å². The van der Waals surface area contributed by atoms with Crippen LogP contribution in [0.4, 0.5) is 0 Å². The molecule has 2 aromatic heterocycles. The predicted octanol–water partition coefficient (Wildman–Crippen LogP) is 2.00. The third-order valence-electron chi connectivity index (χ3n) is 3.93. The molecule has 5 nitrogen and oxygen atoms in total. The van der Waals surface area contributed by atoms with Gasteiger partial charge in [0.25, 0.3) is 5.91 Å². The van der Waals surface area contributed by atoms with Gasteiger partial charge in [-0.05, 0) is 26.0 Å². The molecule has 116 valence electrons. The average molecular weight is 331 g/mol. The van der Waals surface area contributed by atoms with Crippen molar-refractivity contribution in [3.63, 3.8) is 0 Å².